The summed E-state index contributed by atoms with van der Waals surface area (Å²) in [7, 11) is 0. The second-order valence-corrected chi connectivity index (χ2v) is 6.74. The van der Waals surface area contributed by atoms with Gasteiger partial charge in [-0.05, 0) is 43.9 Å². The van der Waals surface area contributed by atoms with E-state index in [0.29, 0.717) is 11.1 Å². The van der Waals surface area contributed by atoms with E-state index in [9.17, 15) is 9.59 Å². The van der Waals surface area contributed by atoms with Crippen molar-refractivity contribution in [1.29, 1.82) is 0 Å². The Hall–Kier alpha value is -1.66. The largest absolute Gasteiger partial charge is 0.349 e. The van der Waals surface area contributed by atoms with Crippen LogP contribution in [0, 0.1) is 0 Å². The minimum Gasteiger partial charge on any atom is -0.349 e. The van der Waals surface area contributed by atoms with Crippen molar-refractivity contribution in [2.45, 2.75) is 37.8 Å². The van der Waals surface area contributed by atoms with E-state index in [1.807, 2.05) is 12.1 Å². The van der Waals surface area contributed by atoms with Crippen molar-refractivity contribution < 1.29 is 4.79 Å². The smallest absolute Gasteiger partial charge is 0.252 e. The number of H-pyrrole nitrogens is 1. The average Bonchev–Trinajstić information content (AvgIpc) is 2.49. The van der Waals surface area contributed by atoms with E-state index in [0.717, 1.165) is 35.5 Å². The van der Waals surface area contributed by atoms with Crippen LogP contribution < -0.4 is 16.6 Å². The van der Waals surface area contributed by atoms with E-state index in [1.54, 1.807) is 6.07 Å². The Kier molecular flexibility index (Phi) is 4.31. The molecule has 1 aliphatic rings. The number of hydrogen-bond donors (Lipinski definition) is 3. The first-order valence-electron chi connectivity index (χ1n) is 7.42. The molecule has 0 unspecified atom stereocenters. The highest BCUT2D eigenvalue weighted by Crippen LogP contribution is 2.22. The van der Waals surface area contributed by atoms with Crippen LogP contribution in [0.15, 0.2) is 33.5 Å². The zero-order valence-corrected chi connectivity index (χ0v) is 13.7. The summed E-state index contributed by atoms with van der Waals surface area (Å²) >= 11 is 3.40. The summed E-state index contributed by atoms with van der Waals surface area (Å²) in [5.41, 5.74) is 6.68. The van der Waals surface area contributed by atoms with Crippen molar-refractivity contribution in [2.24, 2.45) is 5.73 Å². The van der Waals surface area contributed by atoms with Gasteiger partial charge in [-0.1, -0.05) is 15.9 Å². The summed E-state index contributed by atoms with van der Waals surface area (Å²) in [6.45, 7) is 0. The van der Waals surface area contributed by atoms with Gasteiger partial charge in [-0.2, -0.15) is 0 Å². The van der Waals surface area contributed by atoms with Gasteiger partial charge in [0.05, 0.1) is 5.56 Å². The van der Waals surface area contributed by atoms with Crippen molar-refractivity contribution in [3.8, 4) is 0 Å². The molecule has 1 saturated carbocycles. The van der Waals surface area contributed by atoms with Crippen molar-refractivity contribution in [3.63, 3.8) is 0 Å². The summed E-state index contributed by atoms with van der Waals surface area (Å²) in [5, 5.41) is 3.77. The molecule has 1 aromatic carbocycles. The van der Waals surface area contributed by atoms with Crippen LogP contribution in [-0.2, 0) is 0 Å². The number of aromatic nitrogens is 1. The molecule has 116 valence electrons. The molecule has 0 spiro atoms. The summed E-state index contributed by atoms with van der Waals surface area (Å²) in [4.78, 5) is 27.1. The molecule has 0 radical (unpaired) electrons. The molecular formula is C16H18BrN3O2. The van der Waals surface area contributed by atoms with Crippen LogP contribution in [0.2, 0.25) is 0 Å². The summed E-state index contributed by atoms with van der Waals surface area (Å²) in [6, 6.07) is 7.20. The SMILES string of the molecule is NC1CCC(NC(=O)c2cc(=O)[nH]c3ccc(Br)cc23)CC1. The van der Waals surface area contributed by atoms with Crippen LogP contribution in [0.1, 0.15) is 36.0 Å². The number of amides is 1. The van der Waals surface area contributed by atoms with Crippen LogP contribution in [0.25, 0.3) is 10.9 Å². The van der Waals surface area contributed by atoms with E-state index >= 15 is 0 Å². The number of nitrogens with two attached hydrogens (primary N) is 1. The molecule has 3 rings (SSSR count). The molecule has 1 fully saturated rings. The second-order valence-electron chi connectivity index (χ2n) is 5.82. The predicted molar refractivity (Wildman–Crippen MR) is 90.0 cm³/mol. The number of aromatic amines is 1. The molecule has 1 heterocycles. The molecule has 1 aliphatic carbocycles. The first-order valence-corrected chi connectivity index (χ1v) is 8.21. The van der Waals surface area contributed by atoms with Crippen molar-refractivity contribution in [2.75, 3.05) is 0 Å². The third-order valence-corrected chi connectivity index (χ3v) is 4.65. The number of hydrogen-bond acceptors (Lipinski definition) is 3. The van der Waals surface area contributed by atoms with Crippen LogP contribution in [-0.4, -0.2) is 23.0 Å². The fraction of sp³-hybridized carbons (Fsp3) is 0.375. The molecule has 2 aromatic rings. The van der Waals surface area contributed by atoms with Crippen molar-refractivity contribution in [1.82, 2.24) is 10.3 Å². The second kappa shape index (κ2) is 6.22. The predicted octanol–water partition coefficient (Wildman–Crippen LogP) is 2.29. The number of rotatable bonds is 2. The molecule has 0 bridgehead atoms. The third kappa shape index (κ3) is 3.23. The Morgan fingerprint density at radius 3 is 2.68 bits per heavy atom. The van der Waals surface area contributed by atoms with Crippen LogP contribution in [0.4, 0.5) is 0 Å². The van der Waals surface area contributed by atoms with Crippen LogP contribution in [0.3, 0.4) is 0 Å². The fourth-order valence-electron chi connectivity index (χ4n) is 2.94. The molecule has 5 nitrogen and oxygen atoms in total. The van der Waals surface area contributed by atoms with E-state index < -0.39 is 0 Å². The summed E-state index contributed by atoms with van der Waals surface area (Å²) in [5.74, 6) is -0.199. The number of benzene rings is 1. The molecule has 1 aromatic heterocycles. The number of carbonyl (C=O) groups is 1. The van der Waals surface area contributed by atoms with E-state index in [2.05, 4.69) is 26.2 Å². The van der Waals surface area contributed by atoms with Crippen molar-refractivity contribution in [3.05, 3.63) is 44.7 Å². The minimum atomic E-state index is -0.273. The normalized spacial score (nSPS) is 21.7. The van der Waals surface area contributed by atoms with Crippen LogP contribution in [0.5, 0.6) is 0 Å². The summed E-state index contributed by atoms with van der Waals surface area (Å²) < 4.78 is 0.865. The van der Waals surface area contributed by atoms with E-state index in [4.69, 9.17) is 5.73 Å². The first-order chi connectivity index (χ1) is 10.5. The Labute approximate surface area is 136 Å². The number of halogens is 1. The third-order valence-electron chi connectivity index (χ3n) is 4.16. The van der Waals surface area contributed by atoms with Gasteiger partial charge < -0.3 is 16.0 Å². The van der Waals surface area contributed by atoms with E-state index in [-0.39, 0.29) is 23.6 Å². The van der Waals surface area contributed by atoms with Gasteiger partial charge in [0.1, 0.15) is 0 Å². The van der Waals surface area contributed by atoms with Gasteiger partial charge in [-0.15, -0.1) is 0 Å². The molecule has 1 amide bonds. The van der Waals surface area contributed by atoms with Gasteiger partial charge in [0.25, 0.3) is 5.91 Å². The Morgan fingerprint density at radius 1 is 1.23 bits per heavy atom. The maximum Gasteiger partial charge on any atom is 0.252 e. The zero-order chi connectivity index (χ0) is 15.7. The van der Waals surface area contributed by atoms with Crippen LogP contribution >= 0.6 is 15.9 Å². The number of nitrogens with one attached hydrogen (secondary N) is 2. The molecule has 4 N–H and O–H groups in total. The van der Waals surface area contributed by atoms with Gasteiger partial charge in [0.15, 0.2) is 0 Å². The van der Waals surface area contributed by atoms with Gasteiger partial charge in [-0.3, -0.25) is 9.59 Å². The highest BCUT2D eigenvalue weighted by Gasteiger charge is 2.21. The Balaban J connectivity index is 1.90. The maximum absolute atomic E-state index is 12.6. The standard InChI is InChI=1S/C16H18BrN3O2/c17-9-1-6-14-12(7-9)13(8-15(21)20-14)16(22)19-11-4-2-10(18)3-5-11/h1,6-8,10-11H,2-5,18H2,(H,19,22)(H,20,21). The molecule has 22 heavy (non-hydrogen) atoms. The zero-order valence-electron chi connectivity index (χ0n) is 12.1. The van der Waals surface area contributed by atoms with E-state index in [1.165, 1.54) is 6.07 Å². The minimum absolute atomic E-state index is 0.133. The van der Waals surface area contributed by atoms with Crippen molar-refractivity contribution >= 4 is 32.7 Å². The lowest BCUT2D eigenvalue weighted by molar-refractivity contribution is 0.0927. The topological polar surface area (TPSA) is 88.0 Å². The quantitative estimate of drug-likeness (QED) is 0.764. The average molecular weight is 364 g/mol. The molecule has 6 heteroatoms. The lowest BCUT2D eigenvalue weighted by atomic mass is 9.91. The monoisotopic (exact) mass is 363 g/mol. The lowest BCUT2D eigenvalue weighted by Crippen LogP contribution is -2.40. The molecular weight excluding hydrogens is 346 g/mol. The van der Waals surface area contributed by atoms with Gasteiger partial charge in [0, 0.05) is 33.5 Å². The Morgan fingerprint density at radius 2 is 1.95 bits per heavy atom. The number of pyridine rings is 1. The molecule has 0 aliphatic heterocycles. The highest BCUT2D eigenvalue weighted by molar-refractivity contribution is 9.10. The number of fused-ring (bicyclic) bond motifs is 1. The van der Waals surface area contributed by atoms with Gasteiger partial charge in [-0.25, -0.2) is 0 Å². The fourth-order valence-corrected chi connectivity index (χ4v) is 3.30. The molecule has 0 saturated heterocycles. The number of carbonyl (C=O) groups excluding carboxylic acids is 1. The lowest BCUT2D eigenvalue weighted by Gasteiger charge is -2.26. The Bertz CT molecular complexity index is 764. The maximum atomic E-state index is 12.6. The van der Waals surface area contributed by atoms with Gasteiger partial charge >= 0.3 is 0 Å². The highest BCUT2D eigenvalue weighted by atomic mass is 79.9. The first kappa shape index (κ1) is 15.2. The summed E-state index contributed by atoms with van der Waals surface area (Å²) in [6.07, 6.45) is 3.62. The van der Waals surface area contributed by atoms with Gasteiger partial charge in [0.2, 0.25) is 5.56 Å². The molecule has 0 atom stereocenters.